The summed E-state index contributed by atoms with van der Waals surface area (Å²) in [5.41, 5.74) is 1.94. The Kier molecular flexibility index (Phi) is 4.92. The standard InChI is InChI=1S/C23H27NO3/c1-3-15-13-19-17-10-5-6-11-18(17)23(26)27-22(19)20(21(15)25)14-24-12-8-7-9-16(24)4-2/h5-6,10-11,13,16,25H,3-4,7-9,12,14H2,1-2H3/p+1/t16-/m1/s1. The fraction of sp³-hybridized carbons (Fsp3) is 0.435. The van der Waals surface area contributed by atoms with Gasteiger partial charge in [0.1, 0.15) is 12.3 Å². The molecular formula is C23H28NO3+. The molecule has 142 valence electrons. The number of hydrogen-bond acceptors (Lipinski definition) is 3. The van der Waals surface area contributed by atoms with E-state index in [1.165, 1.54) is 24.2 Å². The number of phenolic OH excluding ortho intramolecular Hbond substituents is 1. The zero-order valence-corrected chi connectivity index (χ0v) is 16.2. The quantitative estimate of drug-likeness (QED) is 0.548. The van der Waals surface area contributed by atoms with Crippen molar-refractivity contribution in [1.29, 1.82) is 0 Å². The van der Waals surface area contributed by atoms with Crippen molar-refractivity contribution in [2.75, 3.05) is 6.54 Å². The second-order valence-corrected chi connectivity index (χ2v) is 7.71. The molecule has 2 heterocycles. The lowest BCUT2D eigenvalue weighted by Gasteiger charge is -2.32. The van der Waals surface area contributed by atoms with Crippen molar-refractivity contribution in [3.63, 3.8) is 0 Å². The second-order valence-electron chi connectivity index (χ2n) is 7.71. The molecule has 0 radical (unpaired) electrons. The van der Waals surface area contributed by atoms with E-state index < -0.39 is 0 Å². The third-order valence-corrected chi connectivity index (χ3v) is 6.21. The van der Waals surface area contributed by atoms with Crippen LogP contribution in [0.3, 0.4) is 0 Å². The van der Waals surface area contributed by atoms with Crippen LogP contribution in [0, 0.1) is 0 Å². The summed E-state index contributed by atoms with van der Waals surface area (Å²) >= 11 is 0. The third kappa shape index (κ3) is 3.12. The van der Waals surface area contributed by atoms with Gasteiger partial charge in [0.2, 0.25) is 0 Å². The van der Waals surface area contributed by atoms with E-state index in [0.717, 1.165) is 41.3 Å². The van der Waals surface area contributed by atoms with Gasteiger partial charge in [-0.05, 0) is 55.2 Å². The summed E-state index contributed by atoms with van der Waals surface area (Å²) in [5.74, 6) is 0.302. The molecule has 1 fully saturated rings. The molecule has 1 unspecified atom stereocenters. The molecule has 1 aliphatic heterocycles. The molecular weight excluding hydrogens is 338 g/mol. The van der Waals surface area contributed by atoms with Gasteiger partial charge in [-0.15, -0.1) is 0 Å². The molecule has 1 saturated heterocycles. The number of aromatic hydroxyl groups is 1. The van der Waals surface area contributed by atoms with Gasteiger partial charge in [-0.25, -0.2) is 4.79 Å². The molecule has 2 aromatic carbocycles. The Hall–Kier alpha value is -2.33. The van der Waals surface area contributed by atoms with E-state index in [2.05, 4.69) is 13.8 Å². The Morgan fingerprint density at radius 2 is 1.93 bits per heavy atom. The van der Waals surface area contributed by atoms with Gasteiger partial charge in [-0.1, -0.05) is 32.0 Å². The maximum absolute atomic E-state index is 12.6. The summed E-state index contributed by atoms with van der Waals surface area (Å²) in [6.07, 6.45) is 5.60. The smallest absolute Gasteiger partial charge is 0.344 e. The van der Waals surface area contributed by atoms with Crippen LogP contribution in [0.25, 0.3) is 21.7 Å². The molecule has 2 N–H and O–H groups in total. The molecule has 1 aliphatic rings. The van der Waals surface area contributed by atoms with Crippen LogP contribution in [-0.2, 0) is 13.0 Å². The van der Waals surface area contributed by atoms with Gasteiger partial charge in [-0.3, -0.25) is 0 Å². The number of aryl methyl sites for hydroxylation is 1. The zero-order chi connectivity index (χ0) is 19.0. The fourth-order valence-corrected chi connectivity index (χ4v) is 4.67. The third-order valence-electron chi connectivity index (χ3n) is 6.21. The van der Waals surface area contributed by atoms with Gasteiger partial charge in [0.25, 0.3) is 0 Å². The van der Waals surface area contributed by atoms with Crippen molar-refractivity contribution >= 4 is 21.7 Å². The van der Waals surface area contributed by atoms with E-state index in [1.54, 1.807) is 0 Å². The topological polar surface area (TPSA) is 54.9 Å². The molecule has 4 rings (SSSR count). The number of phenols is 1. The molecule has 1 aromatic heterocycles. The van der Waals surface area contributed by atoms with Crippen LogP contribution in [0.2, 0.25) is 0 Å². The van der Waals surface area contributed by atoms with Gasteiger partial charge >= 0.3 is 5.63 Å². The first-order valence-electron chi connectivity index (χ1n) is 10.2. The summed E-state index contributed by atoms with van der Waals surface area (Å²) < 4.78 is 5.77. The van der Waals surface area contributed by atoms with Gasteiger partial charge in [0.05, 0.1) is 23.5 Å². The highest BCUT2D eigenvalue weighted by Crippen LogP contribution is 2.34. The van der Waals surface area contributed by atoms with Crippen molar-refractivity contribution in [2.24, 2.45) is 0 Å². The lowest BCUT2D eigenvalue weighted by atomic mass is 9.96. The fourth-order valence-electron chi connectivity index (χ4n) is 4.67. The predicted molar refractivity (Wildman–Crippen MR) is 108 cm³/mol. The number of benzene rings is 2. The van der Waals surface area contributed by atoms with Gasteiger partial charge in [0, 0.05) is 5.39 Å². The first-order valence-corrected chi connectivity index (χ1v) is 10.2. The maximum atomic E-state index is 12.6. The Bertz CT molecular complexity index is 1040. The largest absolute Gasteiger partial charge is 0.507 e. The molecule has 0 spiro atoms. The molecule has 4 nitrogen and oxygen atoms in total. The summed E-state index contributed by atoms with van der Waals surface area (Å²) in [5, 5.41) is 13.4. The van der Waals surface area contributed by atoms with Crippen LogP contribution in [0.1, 0.15) is 50.7 Å². The SMILES string of the molecule is CCc1cc2c(oc(=O)c3ccccc32)c(C[NH+]2CCCC[C@H]2CC)c1O. The monoisotopic (exact) mass is 366 g/mol. The Balaban J connectivity index is 1.95. The summed E-state index contributed by atoms with van der Waals surface area (Å²) in [6.45, 7) is 6.10. The molecule has 0 aliphatic carbocycles. The van der Waals surface area contributed by atoms with Crippen molar-refractivity contribution in [2.45, 2.75) is 58.5 Å². The summed E-state index contributed by atoms with van der Waals surface area (Å²) in [4.78, 5) is 14.1. The Morgan fingerprint density at radius 1 is 1.15 bits per heavy atom. The molecule has 0 bridgehead atoms. The second kappa shape index (κ2) is 7.35. The molecule has 27 heavy (non-hydrogen) atoms. The normalized spacial score (nSPS) is 20.4. The summed E-state index contributed by atoms with van der Waals surface area (Å²) in [7, 11) is 0. The molecule has 2 atom stereocenters. The average molecular weight is 366 g/mol. The van der Waals surface area contributed by atoms with Crippen LogP contribution in [-0.4, -0.2) is 17.7 Å². The average Bonchev–Trinajstić information content (AvgIpc) is 2.71. The first-order chi connectivity index (χ1) is 13.1. The maximum Gasteiger partial charge on any atom is 0.344 e. The summed E-state index contributed by atoms with van der Waals surface area (Å²) in [6, 6.07) is 10.2. The highest BCUT2D eigenvalue weighted by Gasteiger charge is 2.28. The van der Waals surface area contributed by atoms with Crippen LogP contribution >= 0.6 is 0 Å². The van der Waals surface area contributed by atoms with Gasteiger partial charge in [0.15, 0.2) is 5.58 Å². The van der Waals surface area contributed by atoms with Crippen molar-refractivity contribution < 1.29 is 14.4 Å². The number of quaternary nitrogens is 1. The van der Waals surface area contributed by atoms with Gasteiger partial charge < -0.3 is 14.4 Å². The lowest BCUT2D eigenvalue weighted by Crippen LogP contribution is -3.15. The molecule has 3 aromatic rings. The predicted octanol–water partition coefficient (Wildman–Crippen LogP) is 3.56. The van der Waals surface area contributed by atoms with Crippen molar-refractivity contribution in [1.82, 2.24) is 0 Å². The zero-order valence-electron chi connectivity index (χ0n) is 16.2. The Labute approximate surface area is 159 Å². The van der Waals surface area contributed by atoms with Crippen molar-refractivity contribution in [3.05, 3.63) is 51.9 Å². The van der Waals surface area contributed by atoms with Crippen LogP contribution < -0.4 is 10.5 Å². The van der Waals surface area contributed by atoms with Gasteiger partial charge in [-0.2, -0.15) is 0 Å². The van der Waals surface area contributed by atoms with E-state index in [0.29, 0.717) is 29.3 Å². The molecule has 0 saturated carbocycles. The van der Waals surface area contributed by atoms with E-state index in [-0.39, 0.29) is 5.63 Å². The van der Waals surface area contributed by atoms with E-state index in [4.69, 9.17) is 4.42 Å². The number of hydrogen-bond donors (Lipinski definition) is 2. The van der Waals surface area contributed by atoms with Crippen LogP contribution in [0.5, 0.6) is 5.75 Å². The minimum atomic E-state index is -0.330. The first kappa shape index (κ1) is 18.1. The number of fused-ring (bicyclic) bond motifs is 3. The minimum absolute atomic E-state index is 0.302. The number of piperidine rings is 1. The highest BCUT2D eigenvalue weighted by molar-refractivity contribution is 6.06. The minimum Gasteiger partial charge on any atom is -0.507 e. The van der Waals surface area contributed by atoms with Crippen molar-refractivity contribution in [3.8, 4) is 5.75 Å². The highest BCUT2D eigenvalue weighted by atomic mass is 16.4. The van der Waals surface area contributed by atoms with E-state index >= 15 is 0 Å². The Morgan fingerprint density at radius 3 is 2.67 bits per heavy atom. The number of likely N-dealkylation sites (tertiary alicyclic amines) is 1. The number of nitrogens with one attached hydrogen (secondary N) is 1. The van der Waals surface area contributed by atoms with Crippen LogP contribution in [0.15, 0.2) is 39.5 Å². The molecule has 0 amide bonds. The van der Waals surface area contributed by atoms with Crippen LogP contribution in [0.4, 0.5) is 0 Å². The lowest BCUT2D eigenvalue weighted by molar-refractivity contribution is -0.944. The number of rotatable bonds is 4. The van der Waals surface area contributed by atoms with E-state index in [1.807, 2.05) is 30.3 Å². The van der Waals surface area contributed by atoms with E-state index in [9.17, 15) is 9.90 Å². The molecule has 4 heteroatoms.